The fraction of sp³-hybridized carbons (Fsp3) is 0.462. The molecule has 2 atom stereocenters. The van der Waals surface area contributed by atoms with Crippen LogP contribution in [0.1, 0.15) is 17.9 Å². The van der Waals surface area contributed by atoms with E-state index in [4.69, 9.17) is 9.47 Å². The van der Waals surface area contributed by atoms with E-state index in [1.54, 1.807) is 18.9 Å². The third-order valence-electron chi connectivity index (χ3n) is 2.98. The van der Waals surface area contributed by atoms with Gasteiger partial charge in [0, 0.05) is 5.56 Å². The second-order valence-corrected chi connectivity index (χ2v) is 5.39. The number of benzene rings is 1. The number of ether oxygens (including phenoxy) is 2. The molecule has 1 fully saturated rings. The van der Waals surface area contributed by atoms with Crippen molar-refractivity contribution < 1.29 is 24.7 Å². The van der Waals surface area contributed by atoms with Crippen molar-refractivity contribution >= 4 is 17.7 Å². The summed E-state index contributed by atoms with van der Waals surface area (Å²) in [6.45, 7) is 2.47. The molecule has 0 aliphatic carbocycles. The number of methoxy groups -OCH3 is 1. The van der Waals surface area contributed by atoms with E-state index in [1.165, 1.54) is 0 Å². The molecule has 1 saturated heterocycles. The number of hydrogen-bond acceptors (Lipinski definition) is 5. The summed E-state index contributed by atoms with van der Waals surface area (Å²) in [6.07, 6.45) is 0. The smallest absolute Gasteiger partial charge is 0.161 e. The van der Waals surface area contributed by atoms with Gasteiger partial charge in [-0.25, -0.2) is 0 Å². The Hall–Kier alpha value is -1.40. The molecule has 1 aliphatic heterocycles. The SMILES string of the molecule is CCOc1cc(C2[NH2+]C(C(=O)[O-])CS2)ccc1OC. The van der Waals surface area contributed by atoms with Crippen LogP contribution in [0.4, 0.5) is 0 Å². The van der Waals surface area contributed by atoms with Gasteiger partial charge < -0.3 is 24.7 Å². The van der Waals surface area contributed by atoms with Gasteiger partial charge in [-0.15, -0.1) is 0 Å². The summed E-state index contributed by atoms with van der Waals surface area (Å²) < 4.78 is 10.8. The third-order valence-corrected chi connectivity index (χ3v) is 4.32. The number of carboxylic acid groups (broad SMARTS) is 1. The Bertz CT molecular complexity index is 466. The Balaban J connectivity index is 2.17. The molecule has 1 aromatic carbocycles. The van der Waals surface area contributed by atoms with Crippen LogP contribution >= 0.6 is 11.8 Å². The fourth-order valence-corrected chi connectivity index (χ4v) is 3.32. The molecule has 0 saturated carbocycles. The van der Waals surface area contributed by atoms with Crippen LogP contribution in [-0.2, 0) is 4.79 Å². The molecule has 6 heteroatoms. The van der Waals surface area contributed by atoms with Crippen LogP contribution in [0.2, 0.25) is 0 Å². The number of rotatable bonds is 5. The minimum absolute atomic E-state index is 0.0630. The van der Waals surface area contributed by atoms with Crippen molar-refractivity contribution in [1.82, 2.24) is 0 Å². The van der Waals surface area contributed by atoms with Crippen LogP contribution < -0.4 is 19.9 Å². The summed E-state index contributed by atoms with van der Waals surface area (Å²) in [5.74, 6) is 0.926. The molecule has 5 nitrogen and oxygen atoms in total. The van der Waals surface area contributed by atoms with E-state index < -0.39 is 12.0 Å². The highest BCUT2D eigenvalue weighted by Gasteiger charge is 2.31. The Morgan fingerprint density at radius 3 is 2.89 bits per heavy atom. The van der Waals surface area contributed by atoms with Crippen LogP contribution in [-0.4, -0.2) is 31.5 Å². The maximum absolute atomic E-state index is 10.8. The summed E-state index contributed by atoms with van der Waals surface area (Å²) in [5.41, 5.74) is 1.03. The van der Waals surface area contributed by atoms with Crippen LogP contribution in [0, 0.1) is 0 Å². The first-order valence-electron chi connectivity index (χ1n) is 6.14. The Morgan fingerprint density at radius 2 is 2.32 bits per heavy atom. The minimum atomic E-state index is -1.01. The van der Waals surface area contributed by atoms with Gasteiger partial charge in [0.2, 0.25) is 0 Å². The van der Waals surface area contributed by atoms with Crippen molar-refractivity contribution in [2.45, 2.75) is 18.3 Å². The van der Waals surface area contributed by atoms with E-state index in [2.05, 4.69) is 0 Å². The molecule has 0 amide bonds. The highest BCUT2D eigenvalue weighted by molar-refractivity contribution is 7.99. The molecule has 0 spiro atoms. The van der Waals surface area contributed by atoms with Crippen molar-refractivity contribution in [2.75, 3.05) is 19.5 Å². The van der Waals surface area contributed by atoms with E-state index in [-0.39, 0.29) is 5.37 Å². The molecule has 0 aromatic heterocycles. The lowest BCUT2D eigenvalue weighted by Gasteiger charge is -2.14. The lowest BCUT2D eigenvalue weighted by atomic mass is 10.2. The van der Waals surface area contributed by atoms with Crippen molar-refractivity contribution in [1.29, 1.82) is 0 Å². The largest absolute Gasteiger partial charge is 0.544 e. The van der Waals surface area contributed by atoms with Crippen molar-refractivity contribution in [2.24, 2.45) is 0 Å². The summed E-state index contributed by atoms with van der Waals surface area (Å²) in [4.78, 5) is 10.8. The molecule has 19 heavy (non-hydrogen) atoms. The van der Waals surface area contributed by atoms with Crippen LogP contribution in [0.25, 0.3) is 0 Å². The predicted molar refractivity (Wildman–Crippen MR) is 70.1 cm³/mol. The molecule has 2 N–H and O–H groups in total. The van der Waals surface area contributed by atoms with E-state index in [9.17, 15) is 9.90 Å². The highest BCUT2D eigenvalue weighted by atomic mass is 32.2. The maximum atomic E-state index is 10.8. The highest BCUT2D eigenvalue weighted by Crippen LogP contribution is 2.34. The Morgan fingerprint density at radius 1 is 1.53 bits per heavy atom. The first-order chi connectivity index (χ1) is 9.15. The molecular formula is C13H17NO4S. The van der Waals surface area contributed by atoms with E-state index in [0.717, 1.165) is 5.56 Å². The molecule has 0 radical (unpaired) electrons. The number of nitrogens with two attached hydrogens (primary N) is 1. The quantitative estimate of drug-likeness (QED) is 0.790. The Kier molecular flexibility index (Phi) is 4.55. The van der Waals surface area contributed by atoms with E-state index in [0.29, 0.717) is 23.9 Å². The Labute approximate surface area is 116 Å². The molecule has 2 unspecified atom stereocenters. The van der Waals surface area contributed by atoms with Gasteiger partial charge >= 0.3 is 0 Å². The van der Waals surface area contributed by atoms with Gasteiger partial charge in [-0.1, -0.05) is 11.8 Å². The number of carbonyl (C=O) groups is 1. The third kappa shape index (κ3) is 3.13. The van der Waals surface area contributed by atoms with Crippen LogP contribution in [0.3, 0.4) is 0 Å². The van der Waals surface area contributed by atoms with Gasteiger partial charge in [0.25, 0.3) is 0 Å². The monoisotopic (exact) mass is 283 g/mol. The zero-order valence-corrected chi connectivity index (χ0v) is 11.7. The number of carbonyl (C=O) groups excluding carboxylic acids is 1. The molecule has 1 heterocycles. The summed E-state index contributed by atoms with van der Waals surface area (Å²) >= 11 is 1.60. The second-order valence-electron chi connectivity index (χ2n) is 4.22. The van der Waals surface area contributed by atoms with E-state index in [1.807, 2.05) is 30.4 Å². The molecule has 104 valence electrons. The number of hydrogen-bond donors (Lipinski definition) is 1. The molecular weight excluding hydrogens is 266 g/mol. The van der Waals surface area contributed by atoms with Gasteiger partial charge in [-0.2, -0.15) is 0 Å². The first kappa shape index (κ1) is 14.0. The number of carboxylic acids is 1. The number of quaternary nitrogens is 1. The lowest BCUT2D eigenvalue weighted by Crippen LogP contribution is -2.90. The van der Waals surface area contributed by atoms with Gasteiger partial charge in [-0.05, 0) is 25.1 Å². The summed E-state index contributed by atoms with van der Waals surface area (Å²) in [6, 6.07) is 5.22. The standard InChI is InChI=1S/C13H17NO4S/c1-3-18-11-6-8(4-5-10(11)17-2)12-14-9(7-19-12)13(15)16/h4-6,9,12,14H,3,7H2,1-2H3,(H,15,16). The predicted octanol–water partition coefficient (Wildman–Crippen LogP) is -0.479. The van der Waals surface area contributed by atoms with Crippen molar-refractivity contribution in [3.8, 4) is 11.5 Å². The molecule has 1 aromatic rings. The lowest BCUT2D eigenvalue weighted by molar-refractivity contribution is -0.690. The van der Waals surface area contributed by atoms with Gasteiger partial charge in [0.05, 0.1) is 19.5 Å². The van der Waals surface area contributed by atoms with Gasteiger partial charge in [0.1, 0.15) is 12.0 Å². The second kappa shape index (κ2) is 6.16. The van der Waals surface area contributed by atoms with Crippen molar-refractivity contribution in [3.63, 3.8) is 0 Å². The average molecular weight is 283 g/mol. The molecule has 1 aliphatic rings. The van der Waals surface area contributed by atoms with Crippen molar-refractivity contribution in [3.05, 3.63) is 23.8 Å². The minimum Gasteiger partial charge on any atom is -0.544 e. The summed E-state index contributed by atoms with van der Waals surface area (Å²) in [7, 11) is 1.60. The average Bonchev–Trinajstić information content (AvgIpc) is 2.89. The van der Waals surface area contributed by atoms with Gasteiger partial charge in [-0.3, -0.25) is 0 Å². The first-order valence-corrected chi connectivity index (χ1v) is 7.18. The zero-order chi connectivity index (χ0) is 13.8. The number of aliphatic carboxylic acids is 1. The topological polar surface area (TPSA) is 75.2 Å². The molecule has 2 rings (SSSR count). The maximum Gasteiger partial charge on any atom is 0.161 e. The molecule has 0 bridgehead atoms. The normalized spacial score (nSPS) is 22.2. The van der Waals surface area contributed by atoms with Crippen LogP contribution in [0.15, 0.2) is 18.2 Å². The van der Waals surface area contributed by atoms with Crippen LogP contribution in [0.5, 0.6) is 11.5 Å². The fourth-order valence-electron chi connectivity index (χ4n) is 2.02. The van der Waals surface area contributed by atoms with Gasteiger partial charge in [0.15, 0.2) is 16.9 Å². The zero-order valence-electron chi connectivity index (χ0n) is 10.9. The summed E-state index contributed by atoms with van der Waals surface area (Å²) in [5, 5.41) is 12.7. The van der Waals surface area contributed by atoms with E-state index >= 15 is 0 Å². The number of thioether (sulfide) groups is 1.